The van der Waals surface area contributed by atoms with Crippen LogP contribution in [0.15, 0.2) is 22.6 Å². The summed E-state index contributed by atoms with van der Waals surface area (Å²) >= 11 is 0. The fraction of sp³-hybridized carbons (Fsp3) is 0.300. The lowest BCUT2D eigenvalue weighted by Crippen LogP contribution is -2.19. The first-order valence-electron chi connectivity index (χ1n) is 5.02. The fourth-order valence-electron chi connectivity index (χ4n) is 1.35. The summed E-state index contributed by atoms with van der Waals surface area (Å²) in [6.07, 6.45) is 0. The van der Waals surface area contributed by atoms with Gasteiger partial charge in [0.05, 0.1) is 23.6 Å². The molecule has 1 heterocycles. The lowest BCUT2D eigenvalue weighted by molar-refractivity contribution is -0.384. The number of hydrogen-bond donors (Lipinski definition) is 2. The molecule has 7 nitrogen and oxygen atoms in total. The molecule has 90 valence electrons. The summed E-state index contributed by atoms with van der Waals surface area (Å²) in [6.45, 7) is 1.70. The molecule has 0 aliphatic rings. The van der Waals surface area contributed by atoms with E-state index in [9.17, 15) is 10.1 Å². The van der Waals surface area contributed by atoms with Crippen molar-refractivity contribution in [3.05, 3.63) is 28.3 Å². The Morgan fingerprint density at radius 1 is 1.65 bits per heavy atom. The molecule has 0 aliphatic heterocycles. The molecule has 0 amide bonds. The Morgan fingerprint density at radius 3 is 3.06 bits per heavy atom. The molecular formula is C10H11N3O4. The zero-order chi connectivity index (χ0) is 12.4. The van der Waals surface area contributed by atoms with E-state index >= 15 is 0 Å². The highest BCUT2D eigenvalue weighted by Crippen LogP contribution is 2.23. The average Bonchev–Trinajstić information content (AvgIpc) is 2.69. The maximum absolute atomic E-state index is 10.6. The molecule has 1 atom stereocenters. The van der Waals surface area contributed by atoms with Gasteiger partial charge in [-0.25, -0.2) is 0 Å². The number of non-ortho nitro benzene ring substituents is 1. The van der Waals surface area contributed by atoms with Crippen LogP contribution in [0.2, 0.25) is 0 Å². The number of nitro benzene ring substituents is 1. The molecule has 7 heteroatoms. The molecule has 0 aliphatic carbocycles. The summed E-state index contributed by atoms with van der Waals surface area (Å²) in [4.78, 5) is 14.2. The molecule has 1 aromatic carbocycles. The van der Waals surface area contributed by atoms with Gasteiger partial charge >= 0.3 is 0 Å². The number of benzene rings is 1. The Morgan fingerprint density at radius 2 is 2.41 bits per heavy atom. The van der Waals surface area contributed by atoms with Crippen LogP contribution in [-0.2, 0) is 0 Å². The number of nitro groups is 1. The van der Waals surface area contributed by atoms with E-state index in [1.807, 2.05) is 0 Å². The lowest BCUT2D eigenvalue weighted by Gasteiger charge is -2.06. The number of fused-ring (bicyclic) bond motifs is 1. The van der Waals surface area contributed by atoms with Crippen LogP contribution in [0.4, 0.5) is 11.7 Å². The average molecular weight is 237 g/mol. The molecule has 1 unspecified atom stereocenters. The predicted octanol–water partition coefficient (Wildman–Crippen LogP) is 1.53. The van der Waals surface area contributed by atoms with Crippen molar-refractivity contribution in [2.45, 2.75) is 13.0 Å². The van der Waals surface area contributed by atoms with Gasteiger partial charge in [0.2, 0.25) is 0 Å². The molecule has 1 aromatic heterocycles. The summed E-state index contributed by atoms with van der Waals surface area (Å²) in [5, 5.41) is 22.3. The zero-order valence-electron chi connectivity index (χ0n) is 9.08. The van der Waals surface area contributed by atoms with Crippen molar-refractivity contribution in [3.63, 3.8) is 0 Å². The van der Waals surface area contributed by atoms with Crippen molar-refractivity contribution >= 4 is 22.8 Å². The van der Waals surface area contributed by atoms with Crippen LogP contribution in [-0.4, -0.2) is 27.7 Å². The number of aliphatic hydroxyl groups excluding tert-OH is 1. The number of aliphatic hydroxyl groups is 1. The molecule has 17 heavy (non-hydrogen) atoms. The zero-order valence-corrected chi connectivity index (χ0v) is 9.08. The molecule has 2 aromatic rings. The summed E-state index contributed by atoms with van der Waals surface area (Å²) in [5.41, 5.74) is 0.825. The second-order valence-electron chi connectivity index (χ2n) is 3.66. The van der Waals surface area contributed by atoms with Crippen LogP contribution < -0.4 is 5.32 Å². The number of anilines is 1. The Hall–Kier alpha value is -2.15. The van der Waals surface area contributed by atoms with E-state index in [1.165, 1.54) is 18.2 Å². The van der Waals surface area contributed by atoms with Crippen LogP contribution in [0.1, 0.15) is 6.92 Å². The fourth-order valence-corrected chi connectivity index (χ4v) is 1.35. The van der Waals surface area contributed by atoms with E-state index < -0.39 is 4.92 Å². The van der Waals surface area contributed by atoms with Gasteiger partial charge in [0.1, 0.15) is 5.52 Å². The van der Waals surface area contributed by atoms with Crippen LogP contribution in [0.25, 0.3) is 11.1 Å². The van der Waals surface area contributed by atoms with Crippen molar-refractivity contribution < 1.29 is 14.4 Å². The van der Waals surface area contributed by atoms with E-state index in [2.05, 4.69) is 10.3 Å². The first kappa shape index (κ1) is 11.3. The first-order chi connectivity index (χ1) is 8.10. The van der Waals surface area contributed by atoms with Gasteiger partial charge in [-0.15, -0.1) is 0 Å². The van der Waals surface area contributed by atoms with Crippen LogP contribution >= 0.6 is 0 Å². The smallest absolute Gasteiger partial charge is 0.295 e. The van der Waals surface area contributed by atoms with Gasteiger partial charge in [0, 0.05) is 6.07 Å². The van der Waals surface area contributed by atoms with Crippen molar-refractivity contribution in [1.82, 2.24) is 4.98 Å². The topological polar surface area (TPSA) is 101 Å². The second kappa shape index (κ2) is 4.38. The molecule has 0 saturated carbocycles. The Bertz CT molecular complexity index is 551. The van der Waals surface area contributed by atoms with Crippen molar-refractivity contribution in [2.24, 2.45) is 0 Å². The summed E-state index contributed by atoms with van der Waals surface area (Å²) < 4.78 is 5.29. The van der Waals surface area contributed by atoms with E-state index in [0.29, 0.717) is 11.1 Å². The van der Waals surface area contributed by atoms with Crippen molar-refractivity contribution in [3.8, 4) is 0 Å². The molecule has 0 radical (unpaired) electrons. The monoisotopic (exact) mass is 237 g/mol. The lowest BCUT2D eigenvalue weighted by atomic mass is 10.3. The van der Waals surface area contributed by atoms with Gasteiger partial charge in [-0.2, -0.15) is 4.98 Å². The number of aromatic nitrogens is 1. The number of rotatable bonds is 4. The molecule has 0 fully saturated rings. The van der Waals surface area contributed by atoms with E-state index in [4.69, 9.17) is 9.52 Å². The van der Waals surface area contributed by atoms with Gasteiger partial charge in [0.25, 0.3) is 11.7 Å². The number of nitrogens with zero attached hydrogens (tertiary/aromatic N) is 2. The van der Waals surface area contributed by atoms with Gasteiger partial charge in [-0.05, 0) is 13.0 Å². The maximum Gasteiger partial charge on any atom is 0.295 e. The SMILES string of the molecule is CC(CO)Nc1nc2ccc([N+](=O)[O-])cc2o1. The number of nitrogens with one attached hydrogen (secondary N) is 1. The number of hydrogen-bond acceptors (Lipinski definition) is 6. The Labute approximate surface area is 96.2 Å². The van der Waals surface area contributed by atoms with E-state index in [1.54, 1.807) is 6.92 Å². The molecule has 0 spiro atoms. The van der Waals surface area contributed by atoms with Crippen LogP contribution in [0, 0.1) is 10.1 Å². The quantitative estimate of drug-likeness (QED) is 0.617. The maximum atomic E-state index is 10.6. The summed E-state index contributed by atoms with van der Waals surface area (Å²) in [6, 6.07) is 4.24. The third kappa shape index (κ3) is 2.34. The second-order valence-corrected chi connectivity index (χ2v) is 3.66. The molecule has 0 bridgehead atoms. The molecule has 2 rings (SSSR count). The Balaban J connectivity index is 2.33. The standard InChI is InChI=1S/C10H11N3O4/c1-6(5-14)11-10-12-8-3-2-7(13(15)16)4-9(8)17-10/h2-4,6,14H,5H2,1H3,(H,11,12). The minimum atomic E-state index is -0.495. The predicted molar refractivity (Wildman–Crippen MR) is 60.8 cm³/mol. The number of oxazole rings is 1. The summed E-state index contributed by atoms with van der Waals surface area (Å²) in [7, 11) is 0. The summed E-state index contributed by atoms with van der Waals surface area (Å²) in [5.74, 6) is 0. The first-order valence-corrected chi connectivity index (χ1v) is 5.02. The van der Waals surface area contributed by atoms with Crippen molar-refractivity contribution in [1.29, 1.82) is 0 Å². The highest BCUT2D eigenvalue weighted by Gasteiger charge is 2.12. The van der Waals surface area contributed by atoms with E-state index in [-0.39, 0.29) is 24.4 Å². The minimum absolute atomic E-state index is 0.0459. The van der Waals surface area contributed by atoms with E-state index in [0.717, 1.165) is 0 Å². The highest BCUT2D eigenvalue weighted by molar-refractivity contribution is 5.77. The molecule has 2 N–H and O–H groups in total. The molecule has 0 saturated heterocycles. The third-order valence-electron chi connectivity index (χ3n) is 2.23. The van der Waals surface area contributed by atoms with Gasteiger partial charge in [-0.3, -0.25) is 10.1 Å². The van der Waals surface area contributed by atoms with Crippen LogP contribution in [0.3, 0.4) is 0 Å². The third-order valence-corrected chi connectivity index (χ3v) is 2.23. The van der Waals surface area contributed by atoms with Gasteiger partial charge in [-0.1, -0.05) is 0 Å². The van der Waals surface area contributed by atoms with Crippen molar-refractivity contribution in [2.75, 3.05) is 11.9 Å². The highest BCUT2D eigenvalue weighted by atomic mass is 16.6. The minimum Gasteiger partial charge on any atom is -0.423 e. The Kier molecular flexibility index (Phi) is 2.92. The van der Waals surface area contributed by atoms with Crippen LogP contribution in [0.5, 0.6) is 0 Å². The molecular weight excluding hydrogens is 226 g/mol. The largest absolute Gasteiger partial charge is 0.423 e. The van der Waals surface area contributed by atoms with Gasteiger partial charge < -0.3 is 14.8 Å². The normalized spacial score (nSPS) is 12.6. The van der Waals surface area contributed by atoms with Gasteiger partial charge in [0.15, 0.2) is 5.58 Å².